The van der Waals surface area contributed by atoms with Gasteiger partial charge in [0.15, 0.2) is 0 Å². The van der Waals surface area contributed by atoms with Crippen molar-refractivity contribution >= 4 is 5.82 Å². The number of pyridine rings is 1. The number of anilines is 1. The van der Waals surface area contributed by atoms with Gasteiger partial charge in [0.2, 0.25) is 0 Å². The van der Waals surface area contributed by atoms with Crippen LogP contribution in [-0.2, 0) is 6.18 Å². The lowest BCUT2D eigenvalue weighted by Crippen LogP contribution is -2.38. The van der Waals surface area contributed by atoms with Crippen LogP contribution in [0.4, 0.5) is 32.2 Å². The smallest absolute Gasteiger partial charge is 0.376 e. The van der Waals surface area contributed by atoms with E-state index < -0.39 is 23.5 Å². The van der Waals surface area contributed by atoms with E-state index in [2.05, 4.69) is 23.1 Å². The fourth-order valence-electron chi connectivity index (χ4n) is 3.67. The number of terminal acetylenes is 1. The predicted octanol–water partition coefficient (Wildman–Crippen LogP) is 8.56. The van der Waals surface area contributed by atoms with Crippen LogP contribution in [0.25, 0.3) is 0 Å². The summed E-state index contributed by atoms with van der Waals surface area (Å²) < 4.78 is 79.1. The van der Waals surface area contributed by atoms with Crippen molar-refractivity contribution in [3.8, 4) is 12.8 Å². The van der Waals surface area contributed by atoms with E-state index in [0.717, 1.165) is 49.1 Å². The Morgan fingerprint density at radius 3 is 2.38 bits per heavy atom. The van der Waals surface area contributed by atoms with Crippen LogP contribution in [0.1, 0.15) is 58.9 Å². The molecule has 0 amide bonds. The van der Waals surface area contributed by atoms with Gasteiger partial charge in [0.1, 0.15) is 5.82 Å². The fraction of sp³-hybridized carbons (Fsp3) is 0.464. The number of nitrogens with zero attached hydrogens (tertiary/aromatic N) is 2. The fourth-order valence-corrected chi connectivity index (χ4v) is 3.67. The number of hydrogen-bond donors (Lipinski definition) is 1. The monoisotopic (exact) mass is 529 g/mol. The summed E-state index contributed by atoms with van der Waals surface area (Å²) in [6.45, 7) is 8.12. The van der Waals surface area contributed by atoms with Crippen molar-refractivity contribution in [2.75, 3.05) is 18.9 Å². The first kappa shape index (κ1) is 33.8. The molecule has 0 radical (unpaired) electrons. The summed E-state index contributed by atoms with van der Waals surface area (Å²) in [5, 5.41) is 3.07. The van der Waals surface area contributed by atoms with Crippen molar-refractivity contribution < 1.29 is 26.3 Å². The van der Waals surface area contributed by atoms with Gasteiger partial charge in [0, 0.05) is 25.5 Å². The average molecular weight is 530 g/mol. The molecule has 1 unspecified atom stereocenters. The van der Waals surface area contributed by atoms with E-state index in [9.17, 15) is 26.3 Å². The first-order chi connectivity index (χ1) is 17.5. The standard InChI is InChI=1S/C24H29F6N3.C2H6.C2H2/c1-4-7-17(15-18(8-5-2)23(25,26)27)10-11-21-20(9-6-14-33(21)3)32-22-16-19(12-13-31-22)24(28,29)30;2*1-2/h4,7-8,11-13,15-16,20H,5-6,9-10,14H2,1-3H3,(H,31,32);1-2H3;1-2H/b7-4-,17-15+,18-8-,21-11-;;. The zero-order valence-electron chi connectivity index (χ0n) is 22.0. The van der Waals surface area contributed by atoms with Crippen molar-refractivity contribution in [3.63, 3.8) is 0 Å². The highest BCUT2D eigenvalue weighted by Gasteiger charge is 2.32. The zero-order chi connectivity index (χ0) is 28.6. The quantitative estimate of drug-likeness (QED) is 0.218. The zero-order valence-corrected chi connectivity index (χ0v) is 22.0. The van der Waals surface area contributed by atoms with Crippen LogP contribution in [0.3, 0.4) is 0 Å². The molecule has 1 aromatic heterocycles. The summed E-state index contributed by atoms with van der Waals surface area (Å²) in [6.07, 6.45) is 9.59. The minimum Gasteiger partial charge on any atom is -0.376 e. The van der Waals surface area contributed by atoms with Gasteiger partial charge >= 0.3 is 12.4 Å². The van der Waals surface area contributed by atoms with Crippen LogP contribution in [0.15, 0.2) is 65.6 Å². The Morgan fingerprint density at radius 2 is 1.84 bits per heavy atom. The molecular weight excluding hydrogens is 492 g/mol. The molecule has 1 aromatic rings. The maximum absolute atomic E-state index is 13.3. The van der Waals surface area contributed by atoms with E-state index in [1.54, 1.807) is 26.0 Å². The molecule has 0 saturated carbocycles. The minimum absolute atomic E-state index is 0.102. The Balaban J connectivity index is 0.00000308. The number of halogens is 6. The Kier molecular flexibility index (Phi) is 15.2. The lowest BCUT2D eigenvalue weighted by Gasteiger charge is -2.35. The maximum atomic E-state index is 13.3. The third-order valence-electron chi connectivity index (χ3n) is 5.21. The van der Waals surface area contributed by atoms with Crippen LogP contribution < -0.4 is 5.32 Å². The van der Waals surface area contributed by atoms with Crippen LogP contribution in [0.5, 0.6) is 0 Å². The van der Waals surface area contributed by atoms with E-state index in [4.69, 9.17) is 0 Å². The van der Waals surface area contributed by atoms with Gasteiger partial charge in [0.05, 0.1) is 17.2 Å². The Hall–Kier alpha value is -3.15. The van der Waals surface area contributed by atoms with Crippen LogP contribution in [0, 0.1) is 12.8 Å². The Labute approximate surface area is 217 Å². The molecule has 1 saturated heterocycles. The molecule has 2 rings (SSSR count). The molecule has 206 valence electrons. The highest BCUT2D eigenvalue weighted by Crippen LogP contribution is 2.32. The van der Waals surface area contributed by atoms with Gasteiger partial charge in [-0.1, -0.05) is 45.1 Å². The predicted molar refractivity (Wildman–Crippen MR) is 140 cm³/mol. The second-order valence-corrected chi connectivity index (χ2v) is 7.81. The van der Waals surface area contributed by atoms with Crippen LogP contribution >= 0.6 is 0 Å². The van der Waals surface area contributed by atoms with Crippen molar-refractivity contribution in [1.82, 2.24) is 9.88 Å². The molecule has 0 aliphatic carbocycles. The molecule has 37 heavy (non-hydrogen) atoms. The molecule has 1 fully saturated rings. The molecule has 2 heterocycles. The topological polar surface area (TPSA) is 28.2 Å². The number of likely N-dealkylation sites (tertiary alicyclic amines) is 1. The molecule has 1 aliphatic rings. The number of likely N-dealkylation sites (N-methyl/N-ethyl adjacent to an activating group) is 1. The van der Waals surface area contributed by atoms with Gasteiger partial charge < -0.3 is 10.2 Å². The normalized spacial score (nSPS) is 18.1. The SMILES string of the molecule is C#C.CC.C\C=C/C(=C\C(=C\CC)C(F)(F)F)C/C=C1/C(Nc2cc(C(F)(F)F)ccn2)CCCN1C. The van der Waals surface area contributed by atoms with E-state index in [0.29, 0.717) is 12.0 Å². The van der Waals surface area contributed by atoms with E-state index in [1.165, 1.54) is 0 Å². The van der Waals surface area contributed by atoms with Crippen molar-refractivity contribution in [1.29, 1.82) is 0 Å². The number of hydrogen-bond acceptors (Lipinski definition) is 3. The van der Waals surface area contributed by atoms with E-state index in [1.807, 2.05) is 31.9 Å². The highest BCUT2D eigenvalue weighted by molar-refractivity contribution is 5.42. The van der Waals surface area contributed by atoms with Crippen molar-refractivity contribution in [2.24, 2.45) is 0 Å². The summed E-state index contributed by atoms with van der Waals surface area (Å²) >= 11 is 0. The number of alkyl halides is 6. The van der Waals surface area contributed by atoms with Gasteiger partial charge in [-0.15, -0.1) is 12.8 Å². The molecular formula is C28H37F6N3. The van der Waals surface area contributed by atoms with Gasteiger partial charge in [-0.2, -0.15) is 26.3 Å². The van der Waals surface area contributed by atoms with Crippen molar-refractivity contribution in [2.45, 2.75) is 71.8 Å². The molecule has 1 N–H and O–H groups in total. The third kappa shape index (κ3) is 11.6. The highest BCUT2D eigenvalue weighted by atomic mass is 19.4. The summed E-state index contributed by atoms with van der Waals surface area (Å²) in [4.78, 5) is 5.97. The Bertz CT molecular complexity index is 953. The molecule has 0 aromatic carbocycles. The van der Waals surface area contributed by atoms with Gasteiger partial charge in [-0.25, -0.2) is 4.98 Å². The summed E-state index contributed by atoms with van der Waals surface area (Å²) in [7, 11) is 1.86. The van der Waals surface area contributed by atoms with Crippen LogP contribution in [0.2, 0.25) is 0 Å². The number of rotatable bonds is 7. The summed E-state index contributed by atoms with van der Waals surface area (Å²) in [5.74, 6) is 0.102. The largest absolute Gasteiger partial charge is 0.416 e. The molecule has 3 nitrogen and oxygen atoms in total. The lowest BCUT2D eigenvalue weighted by molar-refractivity contribution is -0.137. The first-order valence-corrected chi connectivity index (χ1v) is 12.1. The number of allylic oxidation sites excluding steroid dienone is 7. The number of aromatic nitrogens is 1. The molecule has 1 aliphatic heterocycles. The van der Waals surface area contributed by atoms with E-state index in [-0.39, 0.29) is 24.7 Å². The second-order valence-electron chi connectivity index (χ2n) is 7.81. The minimum atomic E-state index is -4.48. The maximum Gasteiger partial charge on any atom is 0.416 e. The molecule has 0 spiro atoms. The molecule has 9 heteroatoms. The van der Waals surface area contributed by atoms with Gasteiger partial charge in [-0.3, -0.25) is 0 Å². The second kappa shape index (κ2) is 16.6. The van der Waals surface area contributed by atoms with Crippen LogP contribution in [-0.4, -0.2) is 35.7 Å². The Morgan fingerprint density at radius 1 is 1.19 bits per heavy atom. The number of piperidine rings is 1. The molecule has 1 atom stereocenters. The van der Waals surface area contributed by atoms with Gasteiger partial charge in [-0.05, 0) is 56.4 Å². The van der Waals surface area contributed by atoms with Gasteiger partial charge in [0.25, 0.3) is 0 Å². The summed E-state index contributed by atoms with van der Waals surface area (Å²) in [6, 6.07) is 1.56. The first-order valence-electron chi connectivity index (χ1n) is 12.1. The third-order valence-corrected chi connectivity index (χ3v) is 5.21. The average Bonchev–Trinajstić information content (AvgIpc) is 2.85. The summed E-state index contributed by atoms with van der Waals surface area (Å²) in [5.41, 5.74) is -0.201. The lowest BCUT2D eigenvalue weighted by atomic mass is 9.98. The number of nitrogens with one attached hydrogen (secondary N) is 1. The molecule has 0 bridgehead atoms. The van der Waals surface area contributed by atoms with Crippen molar-refractivity contribution in [3.05, 3.63) is 71.1 Å². The van der Waals surface area contributed by atoms with E-state index >= 15 is 0 Å².